The minimum atomic E-state index is -0.117. The van der Waals surface area contributed by atoms with Crippen molar-refractivity contribution in [1.82, 2.24) is 29.8 Å². The van der Waals surface area contributed by atoms with Gasteiger partial charge in [0.2, 0.25) is 0 Å². The Hall–Kier alpha value is -3.98. The summed E-state index contributed by atoms with van der Waals surface area (Å²) in [5.74, 6) is -0.230. The van der Waals surface area contributed by atoms with Crippen molar-refractivity contribution in [3.05, 3.63) is 77.7 Å². The summed E-state index contributed by atoms with van der Waals surface area (Å²) in [6, 6.07) is 14.9. The van der Waals surface area contributed by atoms with E-state index in [-0.39, 0.29) is 17.9 Å². The van der Waals surface area contributed by atoms with Crippen molar-refractivity contribution in [3.8, 4) is 11.3 Å². The van der Waals surface area contributed by atoms with Crippen LogP contribution in [0, 0.1) is 0 Å². The maximum absolute atomic E-state index is 13.0. The van der Waals surface area contributed by atoms with Crippen LogP contribution in [0.3, 0.4) is 0 Å². The molecular formula is C25H24N6O2S. The van der Waals surface area contributed by atoms with E-state index in [1.54, 1.807) is 30.1 Å². The molecule has 2 N–H and O–H groups in total. The molecule has 0 aliphatic carbocycles. The van der Waals surface area contributed by atoms with Crippen molar-refractivity contribution in [2.24, 2.45) is 7.05 Å². The molecule has 2 amide bonds. The molecule has 0 saturated carbocycles. The Balaban J connectivity index is 1.40. The molecule has 0 fully saturated rings. The zero-order chi connectivity index (χ0) is 23.8. The van der Waals surface area contributed by atoms with Gasteiger partial charge in [0.1, 0.15) is 0 Å². The molecule has 5 aromatic rings. The van der Waals surface area contributed by atoms with Crippen LogP contribution in [0.4, 0.5) is 0 Å². The van der Waals surface area contributed by atoms with E-state index in [4.69, 9.17) is 4.98 Å². The van der Waals surface area contributed by atoms with Crippen molar-refractivity contribution < 1.29 is 9.59 Å². The Morgan fingerprint density at radius 2 is 1.82 bits per heavy atom. The fraction of sp³-hybridized carbons (Fsp3) is 0.200. The maximum Gasteiger partial charge on any atom is 0.251 e. The van der Waals surface area contributed by atoms with E-state index in [0.717, 1.165) is 38.5 Å². The molecule has 172 valence electrons. The van der Waals surface area contributed by atoms with Crippen LogP contribution in [0.1, 0.15) is 45.8 Å². The molecule has 0 bridgehead atoms. The van der Waals surface area contributed by atoms with E-state index in [9.17, 15) is 9.59 Å². The predicted molar refractivity (Wildman–Crippen MR) is 133 cm³/mol. The number of hydrogen-bond acceptors (Lipinski definition) is 5. The highest BCUT2D eigenvalue weighted by atomic mass is 32.1. The summed E-state index contributed by atoms with van der Waals surface area (Å²) in [5.41, 5.74) is 4.96. The number of aryl methyl sites for hydroxylation is 1. The van der Waals surface area contributed by atoms with Gasteiger partial charge in [0.25, 0.3) is 11.8 Å². The molecule has 0 spiro atoms. The number of carbonyl (C=O) groups excluding carboxylic acids is 2. The van der Waals surface area contributed by atoms with Gasteiger partial charge in [0.05, 0.1) is 27.6 Å². The number of imidazole rings is 1. The number of benzene rings is 2. The van der Waals surface area contributed by atoms with Crippen LogP contribution in [0.15, 0.2) is 60.9 Å². The number of aromatic nitrogens is 4. The number of hydrogen-bond donors (Lipinski definition) is 2. The van der Waals surface area contributed by atoms with E-state index < -0.39 is 0 Å². The number of nitrogens with one attached hydrogen (secondary N) is 2. The molecule has 1 atom stereocenters. The SMILES string of the molecule is CCC(NC(=O)c1ccc2c(c1)sc1nc(-c3ccc(C(=O)NC)cc3)cn12)c1ccnn1C. The Morgan fingerprint density at radius 1 is 1.06 bits per heavy atom. The highest BCUT2D eigenvalue weighted by molar-refractivity contribution is 7.23. The zero-order valence-electron chi connectivity index (χ0n) is 19.1. The van der Waals surface area contributed by atoms with Crippen LogP contribution in [0.2, 0.25) is 0 Å². The van der Waals surface area contributed by atoms with Gasteiger partial charge in [0, 0.05) is 43.2 Å². The Bertz CT molecular complexity index is 1510. The monoisotopic (exact) mass is 472 g/mol. The van der Waals surface area contributed by atoms with Crippen molar-refractivity contribution in [3.63, 3.8) is 0 Å². The molecule has 2 aromatic carbocycles. The number of amides is 2. The molecule has 0 saturated heterocycles. The summed E-state index contributed by atoms with van der Waals surface area (Å²) < 4.78 is 4.81. The quantitative estimate of drug-likeness (QED) is 0.388. The van der Waals surface area contributed by atoms with Gasteiger partial charge in [-0.1, -0.05) is 30.4 Å². The lowest BCUT2D eigenvalue weighted by Crippen LogP contribution is -2.29. The number of rotatable bonds is 6. The summed E-state index contributed by atoms with van der Waals surface area (Å²) in [6.45, 7) is 2.04. The Kier molecular flexibility index (Phi) is 5.62. The third-order valence-corrected chi connectivity index (χ3v) is 6.97. The van der Waals surface area contributed by atoms with E-state index in [2.05, 4.69) is 15.7 Å². The highest BCUT2D eigenvalue weighted by Crippen LogP contribution is 2.30. The van der Waals surface area contributed by atoms with Crippen LogP contribution in [0.5, 0.6) is 0 Å². The zero-order valence-corrected chi connectivity index (χ0v) is 19.9. The van der Waals surface area contributed by atoms with E-state index in [1.165, 1.54) is 11.3 Å². The molecular weight excluding hydrogens is 448 g/mol. The van der Waals surface area contributed by atoms with E-state index in [1.807, 2.05) is 61.0 Å². The molecule has 0 aliphatic rings. The van der Waals surface area contributed by atoms with Gasteiger partial charge < -0.3 is 10.6 Å². The summed E-state index contributed by atoms with van der Waals surface area (Å²) >= 11 is 1.54. The van der Waals surface area contributed by atoms with Crippen molar-refractivity contribution >= 4 is 38.3 Å². The molecule has 3 aromatic heterocycles. The standard InChI is InChI=1S/C25H24N6O2S/c1-4-18(20-11-12-27-30(20)3)28-24(33)17-9-10-21-22(13-17)34-25-29-19(14-31(21)25)15-5-7-16(8-6-15)23(32)26-2/h5-14,18H,4H2,1-3H3,(H,26,32)(H,28,33). The summed E-state index contributed by atoms with van der Waals surface area (Å²) in [4.78, 5) is 30.4. The lowest BCUT2D eigenvalue weighted by molar-refractivity contribution is 0.0932. The molecule has 0 aliphatic heterocycles. The average molecular weight is 473 g/mol. The number of fused-ring (bicyclic) bond motifs is 3. The van der Waals surface area contributed by atoms with Crippen LogP contribution >= 0.6 is 11.3 Å². The van der Waals surface area contributed by atoms with Crippen LogP contribution in [0.25, 0.3) is 26.4 Å². The minimum Gasteiger partial charge on any atom is -0.355 e. The lowest BCUT2D eigenvalue weighted by Gasteiger charge is -2.17. The Morgan fingerprint density at radius 3 is 2.50 bits per heavy atom. The number of thiazole rings is 1. The topological polar surface area (TPSA) is 93.3 Å². The summed E-state index contributed by atoms with van der Waals surface area (Å²) in [6.07, 6.45) is 4.49. The predicted octanol–water partition coefficient (Wildman–Crippen LogP) is 4.19. The second-order valence-electron chi connectivity index (χ2n) is 8.03. The highest BCUT2D eigenvalue weighted by Gasteiger charge is 2.18. The first-order valence-corrected chi connectivity index (χ1v) is 11.8. The molecule has 8 nitrogen and oxygen atoms in total. The average Bonchev–Trinajstić information content (AvgIpc) is 3.56. The second kappa shape index (κ2) is 8.75. The second-order valence-corrected chi connectivity index (χ2v) is 9.04. The largest absolute Gasteiger partial charge is 0.355 e. The first-order chi connectivity index (χ1) is 16.5. The molecule has 3 heterocycles. The van der Waals surface area contributed by atoms with Gasteiger partial charge in [-0.15, -0.1) is 0 Å². The first-order valence-electron chi connectivity index (χ1n) is 11.0. The normalized spacial score (nSPS) is 12.2. The van der Waals surface area contributed by atoms with Crippen molar-refractivity contribution in [2.75, 3.05) is 7.05 Å². The fourth-order valence-electron chi connectivity index (χ4n) is 4.07. The third kappa shape index (κ3) is 3.84. The van der Waals surface area contributed by atoms with Crippen LogP contribution in [-0.4, -0.2) is 38.0 Å². The van der Waals surface area contributed by atoms with E-state index >= 15 is 0 Å². The van der Waals surface area contributed by atoms with Gasteiger partial charge in [-0.05, 0) is 42.8 Å². The minimum absolute atomic E-state index is 0.103. The number of carbonyl (C=O) groups is 2. The van der Waals surface area contributed by atoms with Crippen molar-refractivity contribution in [1.29, 1.82) is 0 Å². The van der Waals surface area contributed by atoms with Gasteiger partial charge in [-0.25, -0.2) is 4.98 Å². The van der Waals surface area contributed by atoms with Crippen LogP contribution < -0.4 is 10.6 Å². The first kappa shape index (κ1) is 21.8. The molecule has 5 rings (SSSR count). The Labute approximate surface area is 200 Å². The summed E-state index contributed by atoms with van der Waals surface area (Å²) in [5, 5.41) is 9.95. The fourth-order valence-corrected chi connectivity index (χ4v) is 5.12. The lowest BCUT2D eigenvalue weighted by atomic mass is 10.1. The molecule has 9 heteroatoms. The summed E-state index contributed by atoms with van der Waals surface area (Å²) in [7, 11) is 3.49. The number of nitrogens with zero attached hydrogens (tertiary/aromatic N) is 4. The smallest absolute Gasteiger partial charge is 0.251 e. The van der Waals surface area contributed by atoms with Crippen molar-refractivity contribution in [2.45, 2.75) is 19.4 Å². The van der Waals surface area contributed by atoms with Gasteiger partial charge in [0.15, 0.2) is 4.96 Å². The van der Waals surface area contributed by atoms with Crippen LogP contribution in [-0.2, 0) is 7.05 Å². The molecule has 1 unspecified atom stereocenters. The van der Waals surface area contributed by atoms with Gasteiger partial charge in [-0.2, -0.15) is 5.10 Å². The molecule has 0 radical (unpaired) electrons. The molecule has 34 heavy (non-hydrogen) atoms. The van der Waals surface area contributed by atoms with E-state index in [0.29, 0.717) is 11.1 Å². The maximum atomic E-state index is 13.0. The van der Waals surface area contributed by atoms with Gasteiger partial charge >= 0.3 is 0 Å². The van der Waals surface area contributed by atoms with Gasteiger partial charge in [-0.3, -0.25) is 18.7 Å². The third-order valence-electron chi connectivity index (χ3n) is 5.96.